The largest absolute Gasteiger partial charge is 3.00 e. The molecule has 0 aliphatic heterocycles. The molecule has 0 unspecified atom stereocenters. The Hall–Kier alpha value is -5.46. The molecule has 4 nitrogen and oxygen atoms in total. The predicted octanol–water partition coefficient (Wildman–Crippen LogP) is 12.2. The van der Waals surface area contributed by atoms with E-state index in [-0.39, 0.29) is 49.4 Å². The van der Waals surface area contributed by atoms with E-state index < -0.39 is 0 Å². The zero-order valence-corrected chi connectivity index (χ0v) is 31.1. The van der Waals surface area contributed by atoms with Crippen molar-refractivity contribution in [2.75, 3.05) is 0 Å². The van der Waals surface area contributed by atoms with Crippen LogP contribution in [0.5, 0.6) is 0 Å². The smallest absolute Gasteiger partial charge is 0.254 e. The van der Waals surface area contributed by atoms with Crippen molar-refractivity contribution in [2.24, 2.45) is 0 Å². The zero-order chi connectivity index (χ0) is 34.7. The van der Waals surface area contributed by atoms with Gasteiger partial charge < -0.3 is 0 Å². The van der Waals surface area contributed by atoms with Gasteiger partial charge in [0.25, 0.3) is 0 Å². The van der Waals surface area contributed by atoms with Gasteiger partial charge >= 0.3 is 49.4 Å². The first kappa shape index (κ1) is 34.6. The van der Waals surface area contributed by atoms with Crippen molar-refractivity contribution in [3.63, 3.8) is 0 Å². The van der Waals surface area contributed by atoms with Crippen molar-refractivity contribution < 1.29 is 49.4 Å². The van der Waals surface area contributed by atoms with Gasteiger partial charge in [0.1, 0.15) is 0 Å². The molecule has 0 bridgehead atoms. The van der Waals surface area contributed by atoms with Crippen molar-refractivity contribution in [1.82, 2.24) is 19.9 Å². The molecule has 0 radical (unpaired) electrons. The van der Waals surface area contributed by atoms with Gasteiger partial charge in [-0.15, -0.1) is 0 Å². The quantitative estimate of drug-likeness (QED) is 0.166. The third-order valence-electron chi connectivity index (χ3n) is 9.58. The molecule has 6 aromatic carbocycles. The molecule has 53 heavy (non-hydrogen) atoms. The third-order valence-corrected chi connectivity index (χ3v) is 9.58. The van der Waals surface area contributed by atoms with Crippen LogP contribution in [0.3, 0.4) is 0 Å². The van der Waals surface area contributed by atoms with Crippen LogP contribution in [0.1, 0.15) is 0 Å². The fraction of sp³-hybridized carbons (Fsp3) is 0. The van der Waals surface area contributed by atoms with Gasteiger partial charge in [0.2, 0.25) is 0 Å². The Bertz CT molecular complexity index is 2430. The van der Waals surface area contributed by atoms with Crippen molar-refractivity contribution >= 4 is 43.6 Å². The first-order valence-corrected chi connectivity index (χ1v) is 17.4. The number of nitrogens with zero attached hydrogens (tertiary/aromatic N) is 4. The van der Waals surface area contributed by atoms with Gasteiger partial charge in [0.05, 0.1) is 22.1 Å². The number of benzene rings is 6. The van der Waals surface area contributed by atoms with Crippen LogP contribution in [0, 0.1) is 49.4 Å². The minimum atomic E-state index is 0. The van der Waals surface area contributed by atoms with E-state index in [9.17, 15) is 0 Å². The standard InChI is InChI=1S/2C24H16N2.Eu/c2*1-3-7-17(8-4-1)19-13-15-25-23-21(19)11-12-22-20(14-16-26-24(22)23)18-9-5-2-6-10-18;/h2*1-16H;/q;;+3. The van der Waals surface area contributed by atoms with Gasteiger partial charge in [-0.25, -0.2) is 0 Å². The summed E-state index contributed by atoms with van der Waals surface area (Å²) in [7, 11) is 0. The molecule has 4 heterocycles. The molecule has 0 N–H and O–H groups in total. The van der Waals surface area contributed by atoms with Crippen molar-refractivity contribution in [3.05, 3.63) is 195 Å². The maximum absolute atomic E-state index is 4.67. The summed E-state index contributed by atoms with van der Waals surface area (Å²) in [6.45, 7) is 0. The van der Waals surface area contributed by atoms with Crippen LogP contribution < -0.4 is 0 Å². The molecule has 5 heteroatoms. The Kier molecular flexibility index (Phi) is 10.2. The Morgan fingerprint density at radius 1 is 0.226 bits per heavy atom. The van der Waals surface area contributed by atoms with E-state index in [1.165, 1.54) is 44.5 Å². The Labute approximate surface area is 348 Å². The SMILES string of the molecule is [Eu+3].c1ccc(-c2ccnc3c2ccc2c(-c4ccccc4)ccnc23)cc1.c1ccc(-c2ccnc3c2ccc2c(-c4ccccc4)ccnc23)cc1. The van der Waals surface area contributed by atoms with E-state index in [2.05, 4.69) is 166 Å². The molecule has 10 rings (SSSR count). The van der Waals surface area contributed by atoms with E-state index in [0.29, 0.717) is 0 Å². The summed E-state index contributed by atoms with van der Waals surface area (Å²) < 4.78 is 0. The van der Waals surface area contributed by atoms with E-state index in [0.717, 1.165) is 43.6 Å². The number of fused-ring (bicyclic) bond motifs is 6. The molecule has 10 aromatic rings. The van der Waals surface area contributed by atoms with E-state index in [4.69, 9.17) is 0 Å². The summed E-state index contributed by atoms with van der Waals surface area (Å²) in [5.74, 6) is 0. The predicted molar refractivity (Wildman–Crippen MR) is 216 cm³/mol. The Morgan fingerprint density at radius 3 is 0.642 bits per heavy atom. The Morgan fingerprint density at radius 2 is 0.434 bits per heavy atom. The monoisotopic (exact) mass is 817 g/mol. The van der Waals surface area contributed by atoms with Crippen molar-refractivity contribution in [1.29, 1.82) is 0 Å². The van der Waals surface area contributed by atoms with Gasteiger partial charge in [-0.1, -0.05) is 146 Å². The molecule has 0 saturated heterocycles. The fourth-order valence-electron chi connectivity index (χ4n) is 7.13. The van der Waals surface area contributed by atoms with Crippen LogP contribution in [0.15, 0.2) is 195 Å². The average molecular weight is 817 g/mol. The Balaban J connectivity index is 0.000000148. The topological polar surface area (TPSA) is 51.6 Å². The molecule has 0 atom stereocenters. The first-order valence-electron chi connectivity index (χ1n) is 17.4. The molecule has 4 aromatic heterocycles. The number of hydrogen-bond acceptors (Lipinski definition) is 4. The molecule has 0 saturated carbocycles. The van der Waals surface area contributed by atoms with Crippen molar-refractivity contribution in [3.8, 4) is 44.5 Å². The van der Waals surface area contributed by atoms with Gasteiger partial charge in [0, 0.05) is 46.3 Å². The molecule has 0 spiro atoms. The number of aromatic nitrogens is 4. The molecular weight excluding hydrogens is 785 g/mol. The molecule has 248 valence electrons. The van der Waals surface area contributed by atoms with E-state index in [1.807, 2.05) is 49.1 Å². The second kappa shape index (κ2) is 15.6. The summed E-state index contributed by atoms with van der Waals surface area (Å²) in [5.41, 5.74) is 13.3. The summed E-state index contributed by atoms with van der Waals surface area (Å²) in [5, 5.41) is 4.51. The van der Waals surface area contributed by atoms with Gasteiger partial charge in [-0.05, 0) is 68.8 Å². The van der Waals surface area contributed by atoms with Crippen LogP contribution in [-0.4, -0.2) is 19.9 Å². The van der Waals surface area contributed by atoms with Crippen LogP contribution >= 0.6 is 0 Å². The zero-order valence-electron chi connectivity index (χ0n) is 28.6. The summed E-state index contributed by atoms with van der Waals surface area (Å²) in [4.78, 5) is 18.7. The van der Waals surface area contributed by atoms with Gasteiger partial charge in [-0.2, -0.15) is 0 Å². The number of hydrogen-bond donors (Lipinski definition) is 0. The fourth-order valence-corrected chi connectivity index (χ4v) is 7.13. The van der Waals surface area contributed by atoms with E-state index >= 15 is 0 Å². The first-order chi connectivity index (χ1) is 25.8. The third kappa shape index (κ3) is 6.80. The maximum atomic E-state index is 4.67. The average Bonchev–Trinajstić information content (AvgIpc) is 3.24. The molecular formula is C48H32EuN4+3. The van der Waals surface area contributed by atoms with Crippen LogP contribution in [0.25, 0.3) is 88.1 Å². The molecule has 0 aliphatic carbocycles. The van der Waals surface area contributed by atoms with Crippen LogP contribution in [0.4, 0.5) is 0 Å². The van der Waals surface area contributed by atoms with Crippen molar-refractivity contribution in [2.45, 2.75) is 0 Å². The molecule has 0 amide bonds. The van der Waals surface area contributed by atoms with E-state index in [1.54, 1.807) is 0 Å². The minimum Gasteiger partial charge on any atom is -0.254 e. The second-order valence-electron chi connectivity index (χ2n) is 12.6. The normalized spacial score (nSPS) is 10.9. The van der Waals surface area contributed by atoms with Gasteiger partial charge in [0.15, 0.2) is 0 Å². The van der Waals surface area contributed by atoms with Crippen LogP contribution in [0.2, 0.25) is 0 Å². The number of pyridine rings is 4. The van der Waals surface area contributed by atoms with Gasteiger partial charge in [-0.3, -0.25) is 19.9 Å². The summed E-state index contributed by atoms with van der Waals surface area (Å²) in [6, 6.07) is 58.7. The second-order valence-corrected chi connectivity index (χ2v) is 12.6. The summed E-state index contributed by atoms with van der Waals surface area (Å²) >= 11 is 0. The maximum Gasteiger partial charge on any atom is 3.00 e. The summed E-state index contributed by atoms with van der Waals surface area (Å²) in [6.07, 6.45) is 7.50. The van der Waals surface area contributed by atoms with Crippen LogP contribution in [-0.2, 0) is 0 Å². The minimum absolute atomic E-state index is 0. The molecule has 0 aliphatic rings. The number of rotatable bonds is 4. The molecule has 0 fully saturated rings.